The first-order valence-corrected chi connectivity index (χ1v) is 13.4. The summed E-state index contributed by atoms with van der Waals surface area (Å²) in [5, 5.41) is 3.97. The van der Waals surface area contributed by atoms with Gasteiger partial charge in [0.15, 0.2) is 9.84 Å². The summed E-state index contributed by atoms with van der Waals surface area (Å²) in [6.45, 7) is 0. The van der Waals surface area contributed by atoms with Crippen LogP contribution >= 0.6 is 0 Å². The number of halogens is 3. The van der Waals surface area contributed by atoms with Gasteiger partial charge in [0, 0.05) is 23.8 Å². The van der Waals surface area contributed by atoms with E-state index in [1.54, 1.807) is 36.5 Å². The van der Waals surface area contributed by atoms with Crippen LogP contribution in [-0.4, -0.2) is 29.7 Å². The van der Waals surface area contributed by atoms with Gasteiger partial charge in [0.1, 0.15) is 5.82 Å². The van der Waals surface area contributed by atoms with Crippen molar-refractivity contribution >= 4 is 26.4 Å². The molecule has 0 aliphatic heterocycles. The molecule has 2 N–H and O–H groups in total. The minimum absolute atomic E-state index is 0.0610. The molecule has 0 spiro atoms. The van der Waals surface area contributed by atoms with Crippen molar-refractivity contribution in [2.45, 2.75) is 48.0 Å². The number of alkyl halides is 3. The molecule has 5 rings (SSSR count). The number of sulfone groups is 1. The Kier molecular flexibility index (Phi) is 6.53. The van der Waals surface area contributed by atoms with Gasteiger partial charge >= 0.3 is 6.18 Å². The number of anilines is 1. The van der Waals surface area contributed by atoms with Crippen molar-refractivity contribution in [1.82, 2.24) is 9.97 Å². The number of hydrogen-bond acceptors (Lipinski definition) is 5. The molecule has 2 aromatic carbocycles. The molecule has 2 aromatic heterocycles. The Labute approximate surface area is 211 Å². The number of nitrogens with zero attached hydrogens (tertiary/aromatic N) is 1. The summed E-state index contributed by atoms with van der Waals surface area (Å²) in [6, 6.07) is 16.3. The van der Waals surface area contributed by atoms with Gasteiger partial charge in [0.05, 0.1) is 15.7 Å². The van der Waals surface area contributed by atoms with Gasteiger partial charge in [0.25, 0.3) is 5.56 Å². The molecule has 1 saturated carbocycles. The van der Waals surface area contributed by atoms with Crippen LogP contribution in [0.5, 0.6) is 0 Å². The molecule has 0 amide bonds. The van der Waals surface area contributed by atoms with Crippen LogP contribution in [0.1, 0.15) is 31.2 Å². The molecule has 0 radical (unpaired) electrons. The number of H-pyrrole nitrogens is 1. The number of hydrogen-bond donors (Lipinski definition) is 2. The van der Waals surface area contributed by atoms with Crippen LogP contribution in [0.15, 0.2) is 82.7 Å². The summed E-state index contributed by atoms with van der Waals surface area (Å²) >= 11 is 0. The van der Waals surface area contributed by atoms with E-state index in [1.807, 2.05) is 18.2 Å². The van der Waals surface area contributed by atoms with Crippen molar-refractivity contribution in [3.05, 3.63) is 89.0 Å². The summed E-state index contributed by atoms with van der Waals surface area (Å²) in [4.78, 5) is 18.9. The maximum atomic E-state index is 13.3. The first-order valence-electron chi connectivity index (χ1n) is 11.9. The third kappa shape index (κ3) is 5.24. The number of rotatable bonds is 5. The van der Waals surface area contributed by atoms with Gasteiger partial charge in [0.2, 0.25) is 0 Å². The molecule has 0 atom stereocenters. The molecule has 0 unspecified atom stereocenters. The summed E-state index contributed by atoms with van der Waals surface area (Å²) < 4.78 is 64.7. The third-order valence-corrected chi connectivity index (χ3v) is 9.13. The lowest BCUT2D eigenvalue weighted by Gasteiger charge is -2.29. The molecule has 6 nitrogen and oxygen atoms in total. The Morgan fingerprint density at radius 3 is 2.24 bits per heavy atom. The quantitative estimate of drug-likeness (QED) is 0.342. The van der Waals surface area contributed by atoms with Crippen LogP contribution in [0.4, 0.5) is 19.0 Å². The summed E-state index contributed by atoms with van der Waals surface area (Å²) in [5.74, 6) is 0.338. The van der Waals surface area contributed by atoms with E-state index in [0.717, 1.165) is 28.8 Å². The van der Waals surface area contributed by atoms with E-state index in [4.69, 9.17) is 0 Å². The summed E-state index contributed by atoms with van der Waals surface area (Å²) in [7, 11) is -3.54. The minimum atomic E-state index is -4.44. The van der Waals surface area contributed by atoms with Crippen LogP contribution in [0.25, 0.3) is 21.9 Å². The van der Waals surface area contributed by atoms with Crippen LogP contribution < -0.4 is 10.9 Å². The summed E-state index contributed by atoms with van der Waals surface area (Å²) in [6.07, 6.45) is -0.0413. The highest BCUT2D eigenvalue weighted by Crippen LogP contribution is 2.32. The first kappa shape index (κ1) is 25.0. The highest BCUT2D eigenvalue weighted by Gasteiger charge is 2.33. The molecule has 10 heteroatoms. The highest BCUT2D eigenvalue weighted by atomic mass is 32.2. The zero-order chi connectivity index (χ0) is 26.2. The first-order chi connectivity index (χ1) is 17.6. The van der Waals surface area contributed by atoms with E-state index in [0.29, 0.717) is 36.9 Å². The predicted molar refractivity (Wildman–Crippen MR) is 136 cm³/mol. The zero-order valence-electron chi connectivity index (χ0n) is 19.6. The molecule has 2 heterocycles. The number of aromatic nitrogens is 2. The fourth-order valence-corrected chi connectivity index (χ4v) is 6.56. The Balaban J connectivity index is 1.24. The van der Waals surface area contributed by atoms with Crippen molar-refractivity contribution in [2.75, 3.05) is 5.32 Å². The van der Waals surface area contributed by atoms with Crippen LogP contribution in [0, 0.1) is 0 Å². The predicted octanol–water partition coefficient (Wildman–Crippen LogP) is 5.81. The molecule has 0 bridgehead atoms. The highest BCUT2D eigenvalue weighted by molar-refractivity contribution is 7.92. The average Bonchev–Trinajstić information content (AvgIpc) is 2.89. The number of pyridine rings is 2. The van der Waals surface area contributed by atoms with E-state index in [1.165, 1.54) is 6.07 Å². The van der Waals surface area contributed by atoms with Crippen molar-refractivity contribution in [2.24, 2.45) is 0 Å². The van der Waals surface area contributed by atoms with Crippen molar-refractivity contribution in [3.63, 3.8) is 0 Å². The van der Waals surface area contributed by atoms with E-state index in [-0.39, 0.29) is 16.5 Å². The second-order valence-electron chi connectivity index (χ2n) is 9.23. The lowest BCUT2D eigenvalue weighted by Crippen LogP contribution is -2.33. The Bertz CT molecular complexity index is 1570. The van der Waals surface area contributed by atoms with E-state index in [9.17, 15) is 26.4 Å². The van der Waals surface area contributed by atoms with Gasteiger partial charge in [-0.25, -0.2) is 13.4 Å². The van der Waals surface area contributed by atoms with Gasteiger partial charge in [-0.15, -0.1) is 0 Å². The molecule has 192 valence electrons. The van der Waals surface area contributed by atoms with Crippen molar-refractivity contribution in [3.8, 4) is 11.1 Å². The Morgan fingerprint density at radius 2 is 1.59 bits per heavy atom. The normalized spacial score (nSPS) is 18.6. The largest absolute Gasteiger partial charge is 0.417 e. The van der Waals surface area contributed by atoms with Crippen molar-refractivity contribution < 1.29 is 21.6 Å². The van der Waals surface area contributed by atoms with Gasteiger partial charge in [-0.2, -0.15) is 13.2 Å². The molecule has 1 aliphatic rings. The average molecular weight is 528 g/mol. The lowest BCUT2D eigenvalue weighted by molar-refractivity contribution is -0.137. The standard InChI is InChI=1S/C27H24F3N3O3S/c28-27(29,30)20-5-12-25(32-16-20)33-21-6-10-23(11-7-21)37(35,36)22-8-3-17(4-9-22)19-2-1-18-13-14-31-26(34)24(18)15-19/h1-5,8-9,12-16,21,23H,6-7,10-11H2,(H,31,34)(H,32,33). The fraction of sp³-hybridized carbons (Fsp3) is 0.259. The van der Waals surface area contributed by atoms with Gasteiger partial charge < -0.3 is 10.3 Å². The van der Waals surface area contributed by atoms with Gasteiger partial charge in [-0.05, 0) is 78.6 Å². The smallest absolute Gasteiger partial charge is 0.367 e. The second-order valence-corrected chi connectivity index (χ2v) is 11.5. The molecule has 1 aliphatic carbocycles. The van der Waals surface area contributed by atoms with Crippen LogP contribution in [0.3, 0.4) is 0 Å². The van der Waals surface area contributed by atoms with E-state index >= 15 is 0 Å². The maximum absolute atomic E-state index is 13.3. The monoisotopic (exact) mass is 527 g/mol. The lowest BCUT2D eigenvalue weighted by atomic mass is 9.95. The number of fused-ring (bicyclic) bond motifs is 1. The van der Waals surface area contributed by atoms with E-state index < -0.39 is 26.8 Å². The molecule has 4 aromatic rings. The molecular formula is C27H24F3N3O3S. The molecule has 37 heavy (non-hydrogen) atoms. The van der Waals surface area contributed by atoms with Gasteiger partial charge in [-0.1, -0.05) is 24.3 Å². The number of benzene rings is 2. The fourth-order valence-electron chi connectivity index (χ4n) is 4.77. The Hall–Kier alpha value is -3.66. The van der Waals surface area contributed by atoms with E-state index in [2.05, 4.69) is 15.3 Å². The maximum Gasteiger partial charge on any atom is 0.417 e. The zero-order valence-corrected chi connectivity index (χ0v) is 20.4. The number of aromatic amines is 1. The van der Waals surface area contributed by atoms with Gasteiger partial charge in [-0.3, -0.25) is 4.79 Å². The Morgan fingerprint density at radius 1 is 0.892 bits per heavy atom. The van der Waals surface area contributed by atoms with Crippen LogP contribution in [-0.2, 0) is 16.0 Å². The number of nitrogens with one attached hydrogen (secondary N) is 2. The topological polar surface area (TPSA) is 91.9 Å². The van der Waals surface area contributed by atoms with Crippen molar-refractivity contribution in [1.29, 1.82) is 0 Å². The second kappa shape index (κ2) is 9.66. The third-order valence-electron chi connectivity index (χ3n) is 6.85. The molecule has 0 saturated heterocycles. The summed E-state index contributed by atoms with van der Waals surface area (Å²) in [5.41, 5.74) is 0.628. The molecule has 1 fully saturated rings. The SMILES string of the molecule is O=c1[nH]ccc2ccc(-c3ccc(S(=O)(=O)C4CCC(Nc5ccc(C(F)(F)F)cn5)CC4)cc3)cc12. The van der Waals surface area contributed by atoms with Crippen LogP contribution in [0.2, 0.25) is 0 Å². The molecular weight excluding hydrogens is 503 g/mol. The minimum Gasteiger partial charge on any atom is -0.367 e.